The van der Waals surface area contributed by atoms with Crippen LogP contribution in [-0.2, 0) is 10.8 Å². The predicted octanol–water partition coefficient (Wildman–Crippen LogP) is 12.5. The third-order valence-corrected chi connectivity index (χ3v) is 14.0. The minimum atomic E-state index is -0.179. The molecule has 0 bridgehead atoms. The monoisotopic (exact) mass is 909 g/mol. The number of ether oxygens (including phenoxy) is 2. The Morgan fingerprint density at radius 3 is 1.07 bits per heavy atom. The Hall–Kier alpha value is -7.20. The van der Waals surface area contributed by atoms with E-state index in [1.54, 1.807) is 14.2 Å². The van der Waals surface area contributed by atoms with E-state index in [0.717, 1.165) is 84.4 Å². The number of hydrazone groups is 2. The molecular weight excluding hydrogens is 841 g/mol. The fraction of sp³-hybridized carbons (Fsp3) is 0.310. The summed E-state index contributed by atoms with van der Waals surface area (Å²) in [7, 11) is 11.6. The molecule has 0 fully saturated rings. The number of benzene rings is 6. The Kier molecular flexibility index (Phi) is 14.2. The number of hydrogen-bond acceptors (Lipinski definition) is 8. The molecular formula is C58H68N8O2+2. The number of nitrogens with zero attached hydrogens (tertiary/aromatic N) is 8. The average Bonchev–Trinajstić information content (AvgIpc) is 3.73. The summed E-state index contributed by atoms with van der Waals surface area (Å²) in [6.07, 6.45) is 8.60. The fourth-order valence-corrected chi connectivity index (χ4v) is 9.63. The molecule has 0 atom stereocenters. The molecule has 10 nitrogen and oxygen atoms in total. The summed E-state index contributed by atoms with van der Waals surface area (Å²) >= 11 is 0. The van der Waals surface area contributed by atoms with Crippen LogP contribution < -0.4 is 29.3 Å². The van der Waals surface area contributed by atoms with Crippen LogP contribution in [0.3, 0.4) is 0 Å². The smallest absolute Gasteiger partial charge is 0.212 e. The number of methoxy groups -OCH3 is 2. The molecule has 0 N–H and O–H groups in total. The first kappa shape index (κ1) is 47.3. The van der Waals surface area contributed by atoms with Crippen molar-refractivity contribution in [1.82, 2.24) is 0 Å². The largest absolute Gasteiger partial charge is 0.497 e. The maximum absolute atomic E-state index is 5.35. The Bertz CT molecular complexity index is 2610. The van der Waals surface area contributed by atoms with Crippen LogP contribution in [0.25, 0.3) is 0 Å². The number of unbranched alkanes of at least 4 members (excludes halogenated alkanes) is 3. The number of anilines is 6. The number of hydrogen-bond donors (Lipinski definition) is 0. The SMILES string of the molecule is COc1ccc(N(C)c2ccc(N(C)N=CC3=[N+](CCCCCC[N+]4=C(C=NN(C)c5ccc(N(C)c6ccc(OC)cc6)cc5)C(C)(C)c5ccccc54)c4ccccc4C3(C)C)cc2)cc1. The molecule has 2 aliphatic heterocycles. The second-order valence-electron chi connectivity index (χ2n) is 18.9. The van der Waals surface area contributed by atoms with E-state index >= 15 is 0 Å². The molecule has 0 spiro atoms. The topological polar surface area (TPSA) is 62.2 Å². The van der Waals surface area contributed by atoms with Crippen LogP contribution in [0, 0.1) is 0 Å². The second-order valence-corrected chi connectivity index (χ2v) is 18.9. The van der Waals surface area contributed by atoms with Gasteiger partial charge in [0.2, 0.25) is 22.8 Å². The highest BCUT2D eigenvalue weighted by Crippen LogP contribution is 2.41. The van der Waals surface area contributed by atoms with Crippen molar-refractivity contribution < 1.29 is 18.6 Å². The van der Waals surface area contributed by atoms with Gasteiger partial charge in [0, 0.05) is 87.0 Å². The van der Waals surface area contributed by atoms with Crippen molar-refractivity contribution in [3.8, 4) is 11.5 Å². The Morgan fingerprint density at radius 2 is 0.735 bits per heavy atom. The molecule has 10 heteroatoms. The summed E-state index contributed by atoms with van der Waals surface area (Å²) in [4.78, 5) is 4.34. The normalized spacial score (nSPS) is 14.7. The molecule has 0 radical (unpaired) electrons. The summed E-state index contributed by atoms with van der Waals surface area (Å²) < 4.78 is 15.7. The van der Waals surface area contributed by atoms with Crippen LogP contribution >= 0.6 is 0 Å². The molecule has 6 aromatic carbocycles. The lowest BCUT2D eigenvalue weighted by Crippen LogP contribution is -2.32. The van der Waals surface area contributed by atoms with E-state index in [-0.39, 0.29) is 10.8 Å². The standard InChI is InChI=1S/C58H68N8O2/c1-57(2)51-19-13-15-21-53(51)65(55(57)41-59-63(7)47-27-23-43(24-28-47)61(5)45-31-35-49(67-9)36-32-45)39-17-11-12-18-40-66-54-22-16-14-20-52(54)58(3,4)56(66)42-60-64(8)48-29-25-44(26-30-48)62(6)46-33-37-50(68-10)38-34-46/h13-16,19-38,41-42H,11-12,17-18,39-40H2,1-10H3/q+2. The lowest BCUT2D eigenvalue weighted by molar-refractivity contribution is -0.439. The Balaban J connectivity index is 0.916. The summed E-state index contributed by atoms with van der Waals surface area (Å²) in [5.74, 6) is 1.70. The highest BCUT2D eigenvalue weighted by atomic mass is 16.5. The minimum Gasteiger partial charge on any atom is -0.497 e. The van der Waals surface area contributed by atoms with Gasteiger partial charge in [-0.3, -0.25) is 10.0 Å². The van der Waals surface area contributed by atoms with Gasteiger partial charge in [-0.25, -0.2) is 0 Å². The van der Waals surface area contributed by atoms with Gasteiger partial charge >= 0.3 is 0 Å². The van der Waals surface area contributed by atoms with E-state index < -0.39 is 0 Å². The van der Waals surface area contributed by atoms with Crippen LogP contribution in [0.4, 0.5) is 45.5 Å². The van der Waals surface area contributed by atoms with Crippen molar-refractivity contribution in [1.29, 1.82) is 0 Å². The maximum Gasteiger partial charge on any atom is 0.212 e. The van der Waals surface area contributed by atoms with Gasteiger partial charge in [-0.2, -0.15) is 19.4 Å². The van der Waals surface area contributed by atoms with Crippen LogP contribution in [0.5, 0.6) is 11.5 Å². The van der Waals surface area contributed by atoms with E-state index in [9.17, 15) is 0 Å². The highest BCUT2D eigenvalue weighted by Gasteiger charge is 2.46. The van der Waals surface area contributed by atoms with Crippen molar-refractivity contribution in [2.75, 3.05) is 75.3 Å². The zero-order chi connectivity index (χ0) is 48.0. The Labute approximate surface area is 404 Å². The highest BCUT2D eigenvalue weighted by molar-refractivity contribution is 6.34. The van der Waals surface area contributed by atoms with Crippen LogP contribution in [0.1, 0.15) is 64.5 Å². The van der Waals surface area contributed by atoms with E-state index in [1.807, 2.05) is 48.4 Å². The average molecular weight is 909 g/mol. The van der Waals surface area contributed by atoms with Gasteiger partial charge in [0.25, 0.3) is 0 Å². The molecule has 0 amide bonds. The van der Waals surface area contributed by atoms with Crippen molar-refractivity contribution in [3.63, 3.8) is 0 Å². The first-order chi connectivity index (χ1) is 32.8. The summed E-state index contributed by atoms with van der Waals surface area (Å²) in [5.41, 5.74) is 13.8. The molecule has 8 rings (SSSR count). The van der Waals surface area contributed by atoms with Crippen molar-refractivity contribution in [2.45, 2.75) is 64.2 Å². The quantitative estimate of drug-likeness (QED) is 0.0349. The molecule has 0 unspecified atom stereocenters. The molecule has 0 aromatic heterocycles. The van der Waals surface area contributed by atoms with Crippen molar-refractivity contribution in [3.05, 3.63) is 157 Å². The number of rotatable bonds is 19. The van der Waals surface area contributed by atoms with Crippen LogP contribution in [0.15, 0.2) is 156 Å². The Morgan fingerprint density at radius 1 is 0.426 bits per heavy atom. The summed E-state index contributed by atoms with van der Waals surface area (Å²) in [5, 5.41) is 14.0. The van der Waals surface area contributed by atoms with Gasteiger partial charge in [0.05, 0.1) is 36.4 Å². The van der Waals surface area contributed by atoms with Crippen molar-refractivity contribution in [2.24, 2.45) is 10.2 Å². The molecule has 2 aliphatic rings. The third-order valence-electron chi connectivity index (χ3n) is 14.0. The van der Waals surface area contributed by atoms with Crippen LogP contribution in [0.2, 0.25) is 0 Å². The molecule has 2 heterocycles. The first-order valence-electron chi connectivity index (χ1n) is 23.8. The predicted molar refractivity (Wildman–Crippen MR) is 286 cm³/mol. The first-order valence-corrected chi connectivity index (χ1v) is 23.8. The molecule has 350 valence electrons. The third kappa shape index (κ3) is 9.77. The van der Waals surface area contributed by atoms with Gasteiger partial charge < -0.3 is 19.3 Å². The van der Waals surface area contributed by atoms with Gasteiger partial charge in [-0.05, 0) is 138 Å². The molecule has 0 aliphatic carbocycles. The van der Waals surface area contributed by atoms with Gasteiger partial charge in [0.15, 0.2) is 0 Å². The van der Waals surface area contributed by atoms with E-state index in [1.165, 1.54) is 33.9 Å². The summed E-state index contributed by atoms with van der Waals surface area (Å²) in [6, 6.07) is 51.0. The summed E-state index contributed by atoms with van der Waals surface area (Å²) in [6.45, 7) is 11.2. The number of para-hydroxylation sites is 2. The van der Waals surface area contributed by atoms with E-state index in [4.69, 9.17) is 19.7 Å². The second kappa shape index (κ2) is 20.3. The minimum absolute atomic E-state index is 0.179. The van der Waals surface area contributed by atoms with Gasteiger partial charge in [-0.15, -0.1) is 0 Å². The lowest BCUT2D eigenvalue weighted by atomic mass is 9.82. The van der Waals surface area contributed by atoms with Gasteiger partial charge in [0.1, 0.15) is 37.0 Å². The molecule has 6 aromatic rings. The lowest BCUT2D eigenvalue weighted by Gasteiger charge is -2.21. The van der Waals surface area contributed by atoms with E-state index in [2.05, 4.69) is 194 Å². The number of fused-ring (bicyclic) bond motifs is 2. The van der Waals surface area contributed by atoms with E-state index in [0.29, 0.717) is 0 Å². The zero-order valence-corrected chi connectivity index (χ0v) is 41.6. The maximum atomic E-state index is 5.35. The molecule has 0 saturated carbocycles. The molecule has 0 saturated heterocycles. The fourth-order valence-electron chi connectivity index (χ4n) is 9.63. The van der Waals surface area contributed by atoms with Crippen molar-refractivity contribution >= 4 is 69.4 Å². The zero-order valence-electron chi connectivity index (χ0n) is 41.6. The van der Waals surface area contributed by atoms with Crippen LogP contribution in [-0.4, -0.2) is 88.5 Å². The molecule has 68 heavy (non-hydrogen) atoms. The van der Waals surface area contributed by atoms with Gasteiger partial charge in [-0.1, -0.05) is 36.4 Å².